The molecule has 0 aliphatic rings. The molecule has 0 aliphatic carbocycles. The maximum atomic E-state index is 11.8. The first-order valence-corrected chi connectivity index (χ1v) is 6.28. The van der Waals surface area contributed by atoms with E-state index in [9.17, 15) is 13.2 Å². The molecule has 18 heavy (non-hydrogen) atoms. The van der Waals surface area contributed by atoms with Gasteiger partial charge in [0.25, 0.3) is 10.0 Å². The van der Waals surface area contributed by atoms with Crippen molar-refractivity contribution in [2.45, 2.75) is 11.8 Å². The standard InChI is InChI=1S/C10H11N3O4S/c1-7-2-3-8(5-11)4-9(7)18(15,16)13-17-6-10(12)14/h2-4,13H,6H2,1H3,(H2,12,14). The molecule has 96 valence electrons. The summed E-state index contributed by atoms with van der Waals surface area (Å²) in [6, 6.07) is 6.05. The van der Waals surface area contributed by atoms with Crippen molar-refractivity contribution < 1.29 is 18.0 Å². The lowest BCUT2D eigenvalue weighted by atomic mass is 10.2. The van der Waals surface area contributed by atoms with Crippen LogP contribution in [0.1, 0.15) is 11.1 Å². The molecule has 0 saturated heterocycles. The van der Waals surface area contributed by atoms with Crippen molar-refractivity contribution in [1.82, 2.24) is 4.89 Å². The quantitative estimate of drug-likeness (QED) is 0.702. The van der Waals surface area contributed by atoms with E-state index in [0.717, 1.165) is 0 Å². The van der Waals surface area contributed by atoms with Gasteiger partial charge in [0.05, 0.1) is 16.5 Å². The van der Waals surface area contributed by atoms with Gasteiger partial charge in [0.1, 0.15) is 6.61 Å². The number of hydrogen-bond donors (Lipinski definition) is 2. The summed E-state index contributed by atoms with van der Waals surface area (Å²) in [5, 5.41) is 8.71. The van der Waals surface area contributed by atoms with Crippen LogP contribution < -0.4 is 10.6 Å². The van der Waals surface area contributed by atoms with Crippen molar-refractivity contribution >= 4 is 15.9 Å². The van der Waals surface area contributed by atoms with E-state index >= 15 is 0 Å². The van der Waals surface area contributed by atoms with Gasteiger partial charge in [-0.2, -0.15) is 5.26 Å². The molecule has 8 heteroatoms. The first kappa shape index (κ1) is 14.1. The van der Waals surface area contributed by atoms with Gasteiger partial charge in [0.15, 0.2) is 0 Å². The van der Waals surface area contributed by atoms with Crippen molar-refractivity contribution in [1.29, 1.82) is 5.26 Å². The molecule has 0 atom stereocenters. The SMILES string of the molecule is Cc1ccc(C#N)cc1S(=O)(=O)NOCC(N)=O. The van der Waals surface area contributed by atoms with Crippen LogP contribution in [-0.4, -0.2) is 20.9 Å². The van der Waals surface area contributed by atoms with Crippen LogP contribution in [-0.2, 0) is 19.7 Å². The highest BCUT2D eigenvalue weighted by Crippen LogP contribution is 2.16. The molecule has 0 bridgehead atoms. The average Bonchev–Trinajstić information content (AvgIpc) is 2.28. The summed E-state index contributed by atoms with van der Waals surface area (Å²) in [7, 11) is -3.95. The van der Waals surface area contributed by atoms with E-state index in [4.69, 9.17) is 11.0 Å². The molecule has 0 saturated carbocycles. The Bertz CT molecular complexity index is 604. The molecule has 0 fully saturated rings. The summed E-state index contributed by atoms with van der Waals surface area (Å²) < 4.78 is 23.6. The second-order valence-electron chi connectivity index (χ2n) is 3.43. The largest absolute Gasteiger partial charge is 0.368 e. The summed E-state index contributed by atoms with van der Waals surface area (Å²) in [4.78, 5) is 16.5. The number of amides is 1. The zero-order valence-corrected chi connectivity index (χ0v) is 10.3. The Balaban J connectivity index is 2.98. The predicted octanol–water partition coefficient (Wildman–Crippen LogP) is -0.438. The predicted molar refractivity (Wildman–Crippen MR) is 61.4 cm³/mol. The first-order valence-electron chi connectivity index (χ1n) is 4.79. The molecule has 0 unspecified atom stereocenters. The van der Waals surface area contributed by atoms with Crippen molar-refractivity contribution in [3.8, 4) is 6.07 Å². The van der Waals surface area contributed by atoms with Gasteiger partial charge in [-0.05, 0) is 24.6 Å². The Morgan fingerprint density at radius 2 is 2.22 bits per heavy atom. The van der Waals surface area contributed by atoms with E-state index in [1.165, 1.54) is 18.2 Å². The van der Waals surface area contributed by atoms with Crippen LogP contribution in [0.2, 0.25) is 0 Å². The summed E-state index contributed by atoms with van der Waals surface area (Å²) >= 11 is 0. The number of benzene rings is 1. The first-order chi connectivity index (χ1) is 8.36. The number of carbonyl (C=O) groups is 1. The number of nitrogens with zero attached hydrogens (tertiary/aromatic N) is 1. The fraction of sp³-hybridized carbons (Fsp3) is 0.200. The molecule has 0 heterocycles. The van der Waals surface area contributed by atoms with Crippen LogP contribution in [0.5, 0.6) is 0 Å². The minimum absolute atomic E-state index is 0.0916. The second kappa shape index (κ2) is 5.59. The Labute approximate surface area is 104 Å². The van der Waals surface area contributed by atoms with Crippen LogP contribution >= 0.6 is 0 Å². The summed E-state index contributed by atoms with van der Waals surface area (Å²) in [6.45, 7) is 1.00. The van der Waals surface area contributed by atoms with Crippen LogP contribution in [0.3, 0.4) is 0 Å². The van der Waals surface area contributed by atoms with Gasteiger partial charge in [-0.3, -0.25) is 9.63 Å². The molecular formula is C10H11N3O4S. The third-order valence-electron chi connectivity index (χ3n) is 1.99. The van der Waals surface area contributed by atoms with Gasteiger partial charge in [-0.15, -0.1) is 0 Å². The highest BCUT2D eigenvalue weighted by molar-refractivity contribution is 7.89. The molecule has 0 aromatic heterocycles. The van der Waals surface area contributed by atoms with Crippen molar-refractivity contribution in [3.05, 3.63) is 29.3 Å². The average molecular weight is 269 g/mol. The molecule has 1 aromatic carbocycles. The lowest BCUT2D eigenvalue weighted by Crippen LogP contribution is -2.29. The lowest BCUT2D eigenvalue weighted by Gasteiger charge is -2.08. The number of carbonyl (C=O) groups excluding carboxylic acids is 1. The maximum Gasteiger partial charge on any atom is 0.262 e. The molecule has 1 rings (SSSR count). The third-order valence-corrected chi connectivity index (χ3v) is 3.35. The summed E-state index contributed by atoms with van der Waals surface area (Å²) in [5.74, 6) is -0.805. The normalized spacial score (nSPS) is 10.9. The molecule has 3 N–H and O–H groups in total. The van der Waals surface area contributed by atoms with Crippen LogP contribution in [0, 0.1) is 18.3 Å². The number of hydrogen-bond acceptors (Lipinski definition) is 5. The van der Waals surface area contributed by atoms with E-state index in [1.54, 1.807) is 11.8 Å². The van der Waals surface area contributed by atoms with Gasteiger partial charge in [0, 0.05) is 0 Å². The summed E-state index contributed by atoms with van der Waals surface area (Å²) in [5.41, 5.74) is 5.45. The number of primary amides is 1. The Hall–Kier alpha value is -1.95. The van der Waals surface area contributed by atoms with Crippen molar-refractivity contribution in [2.75, 3.05) is 6.61 Å². The van der Waals surface area contributed by atoms with Crippen molar-refractivity contribution in [3.63, 3.8) is 0 Å². The summed E-state index contributed by atoms with van der Waals surface area (Å²) in [6.07, 6.45) is 0. The zero-order chi connectivity index (χ0) is 13.8. The zero-order valence-electron chi connectivity index (χ0n) is 9.50. The Morgan fingerprint density at radius 1 is 1.56 bits per heavy atom. The Kier molecular flexibility index (Phi) is 4.38. The molecule has 0 aliphatic heterocycles. The van der Waals surface area contributed by atoms with Gasteiger partial charge >= 0.3 is 0 Å². The molecule has 1 amide bonds. The van der Waals surface area contributed by atoms with Gasteiger partial charge in [0.2, 0.25) is 5.91 Å². The van der Waals surface area contributed by atoms with Crippen LogP contribution in [0.4, 0.5) is 0 Å². The van der Waals surface area contributed by atoms with E-state index < -0.39 is 22.5 Å². The smallest absolute Gasteiger partial charge is 0.262 e. The van der Waals surface area contributed by atoms with E-state index in [-0.39, 0.29) is 10.5 Å². The highest BCUT2D eigenvalue weighted by Gasteiger charge is 2.18. The second-order valence-corrected chi connectivity index (χ2v) is 5.05. The molecule has 1 aromatic rings. The maximum absolute atomic E-state index is 11.8. The number of sulfonamides is 1. The molecule has 0 radical (unpaired) electrons. The third kappa shape index (κ3) is 3.53. The van der Waals surface area contributed by atoms with E-state index in [2.05, 4.69) is 4.84 Å². The number of rotatable bonds is 5. The minimum Gasteiger partial charge on any atom is -0.368 e. The number of nitrogens with one attached hydrogen (secondary N) is 1. The number of nitrogens with two attached hydrogens (primary N) is 1. The topological polar surface area (TPSA) is 122 Å². The fourth-order valence-corrected chi connectivity index (χ4v) is 2.26. The molecule has 7 nitrogen and oxygen atoms in total. The van der Waals surface area contributed by atoms with Crippen LogP contribution in [0.25, 0.3) is 0 Å². The van der Waals surface area contributed by atoms with Gasteiger partial charge in [-0.25, -0.2) is 8.42 Å². The number of aryl methyl sites for hydroxylation is 1. The molecule has 0 spiro atoms. The fourth-order valence-electron chi connectivity index (χ4n) is 1.18. The van der Waals surface area contributed by atoms with Gasteiger partial charge in [-0.1, -0.05) is 11.0 Å². The minimum atomic E-state index is -3.95. The van der Waals surface area contributed by atoms with E-state index in [0.29, 0.717) is 5.56 Å². The van der Waals surface area contributed by atoms with Gasteiger partial charge < -0.3 is 5.73 Å². The lowest BCUT2D eigenvalue weighted by molar-refractivity contribution is -0.123. The van der Waals surface area contributed by atoms with Crippen LogP contribution in [0.15, 0.2) is 23.1 Å². The van der Waals surface area contributed by atoms with E-state index in [1.807, 2.05) is 6.07 Å². The Morgan fingerprint density at radius 3 is 2.78 bits per heavy atom. The molecular weight excluding hydrogens is 258 g/mol. The van der Waals surface area contributed by atoms with Crippen molar-refractivity contribution in [2.24, 2.45) is 5.73 Å². The highest BCUT2D eigenvalue weighted by atomic mass is 32.2. The number of nitriles is 1. The monoisotopic (exact) mass is 269 g/mol.